The number of para-hydroxylation sites is 1. The van der Waals surface area contributed by atoms with Gasteiger partial charge in [0.2, 0.25) is 0 Å². The van der Waals surface area contributed by atoms with Crippen LogP contribution in [-0.2, 0) is 6.42 Å². The van der Waals surface area contributed by atoms with Gasteiger partial charge < -0.3 is 20.3 Å². The average molecular weight is 293 g/mol. The summed E-state index contributed by atoms with van der Waals surface area (Å²) in [6.07, 6.45) is 4.62. The van der Waals surface area contributed by atoms with Crippen LogP contribution in [0.1, 0.15) is 38.2 Å². The molecular weight excluding hydrogens is 266 g/mol. The molecule has 0 saturated heterocycles. The van der Waals surface area contributed by atoms with E-state index in [9.17, 15) is 5.11 Å². The molecule has 0 heterocycles. The molecule has 0 amide bonds. The van der Waals surface area contributed by atoms with Gasteiger partial charge in [-0.25, -0.2) is 0 Å². The molecule has 0 bridgehead atoms. The van der Waals surface area contributed by atoms with Crippen molar-refractivity contribution in [2.75, 3.05) is 19.8 Å². The maximum atomic E-state index is 9.74. The Hall–Kier alpha value is -1.10. The molecule has 1 aliphatic rings. The predicted molar refractivity (Wildman–Crippen MR) is 83.6 cm³/mol. The number of aliphatic hydroxyl groups excluding tert-OH is 2. The summed E-state index contributed by atoms with van der Waals surface area (Å²) in [4.78, 5) is 0. The summed E-state index contributed by atoms with van der Waals surface area (Å²) in [5.74, 6) is 0.863. The number of hydrogen-bond donors (Lipinski definition) is 3. The number of nitrogens with one attached hydrogen (secondary N) is 1. The van der Waals surface area contributed by atoms with Crippen molar-refractivity contribution in [1.29, 1.82) is 0 Å². The van der Waals surface area contributed by atoms with Crippen LogP contribution in [0.15, 0.2) is 24.3 Å². The SMILES string of the molecule is CCNC1(CO)CCCC(Oc2ccccc2CCO)C1. The number of hydrogen-bond acceptors (Lipinski definition) is 4. The summed E-state index contributed by atoms with van der Waals surface area (Å²) in [7, 11) is 0. The highest BCUT2D eigenvalue weighted by molar-refractivity contribution is 5.33. The Morgan fingerprint density at radius 3 is 2.86 bits per heavy atom. The van der Waals surface area contributed by atoms with Gasteiger partial charge >= 0.3 is 0 Å². The lowest BCUT2D eigenvalue weighted by Crippen LogP contribution is -2.53. The van der Waals surface area contributed by atoms with Crippen molar-refractivity contribution in [3.05, 3.63) is 29.8 Å². The minimum Gasteiger partial charge on any atom is -0.490 e. The zero-order valence-corrected chi connectivity index (χ0v) is 12.8. The van der Waals surface area contributed by atoms with Crippen molar-refractivity contribution < 1.29 is 14.9 Å². The first-order valence-electron chi connectivity index (χ1n) is 7.94. The van der Waals surface area contributed by atoms with Crippen LogP contribution in [0.5, 0.6) is 5.75 Å². The van der Waals surface area contributed by atoms with Crippen molar-refractivity contribution in [3.8, 4) is 5.75 Å². The van der Waals surface area contributed by atoms with E-state index in [0.29, 0.717) is 6.42 Å². The second kappa shape index (κ2) is 7.78. The molecule has 1 aromatic rings. The summed E-state index contributed by atoms with van der Waals surface area (Å²) in [6.45, 7) is 3.20. The highest BCUT2D eigenvalue weighted by Crippen LogP contribution is 2.32. The fourth-order valence-electron chi connectivity index (χ4n) is 3.27. The minimum absolute atomic E-state index is 0.116. The Bertz CT molecular complexity index is 434. The van der Waals surface area contributed by atoms with Crippen LogP contribution in [0, 0.1) is 0 Å². The third-order valence-corrected chi connectivity index (χ3v) is 4.30. The molecule has 21 heavy (non-hydrogen) atoms. The Labute approximate surface area is 127 Å². The van der Waals surface area contributed by atoms with E-state index in [4.69, 9.17) is 9.84 Å². The third kappa shape index (κ3) is 4.19. The van der Waals surface area contributed by atoms with Crippen molar-refractivity contribution in [1.82, 2.24) is 5.32 Å². The van der Waals surface area contributed by atoms with Crippen LogP contribution >= 0.6 is 0 Å². The molecule has 2 unspecified atom stereocenters. The molecule has 4 nitrogen and oxygen atoms in total. The van der Waals surface area contributed by atoms with E-state index in [0.717, 1.165) is 43.5 Å². The van der Waals surface area contributed by atoms with Crippen molar-refractivity contribution in [3.63, 3.8) is 0 Å². The largest absolute Gasteiger partial charge is 0.490 e. The third-order valence-electron chi connectivity index (χ3n) is 4.30. The van der Waals surface area contributed by atoms with Gasteiger partial charge in [-0.2, -0.15) is 0 Å². The maximum Gasteiger partial charge on any atom is 0.122 e. The molecule has 2 atom stereocenters. The molecule has 1 saturated carbocycles. The molecule has 1 aromatic carbocycles. The molecule has 0 aromatic heterocycles. The zero-order valence-electron chi connectivity index (χ0n) is 12.8. The lowest BCUT2D eigenvalue weighted by molar-refractivity contribution is 0.0514. The van der Waals surface area contributed by atoms with Crippen LogP contribution in [0.4, 0.5) is 0 Å². The number of likely N-dealkylation sites (N-methyl/N-ethyl adjacent to an activating group) is 1. The quantitative estimate of drug-likeness (QED) is 0.718. The van der Waals surface area contributed by atoms with Crippen LogP contribution in [-0.4, -0.2) is 41.6 Å². The molecule has 2 rings (SSSR count). The van der Waals surface area contributed by atoms with E-state index in [1.165, 1.54) is 0 Å². The first kappa shape index (κ1) is 16.3. The first-order valence-corrected chi connectivity index (χ1v) is 7.94. The normalized spacial score (nSPS) is 25.8. The first-order chi connectivity index (χ1) is 10.2. The second-order valence-electron chi connectivity index (χ2n) is 5.89. The van der Waals surface area contributed by atoms with Crippen molar-refractivity contribution in [2.24, 2.45) is 0 Å². The number of rotatable bonds is 7. The Morgan fingerprint density at radius 1 is 1.33 bits per heavy atom. The Morgan fingerprint density at radius 2 is 2.14 bits per heavy atom. The van der Waals surface area contributed by atoms with E-state index in [-0.39, 0.29) is 24.9 Å². The zero-order chi connectivity index (χ0) is 15.1. The van der Waals surface area contributed by atoms with Gasteiger partial charge in [-0.05, 0) is 43.9 Å². The summed E-state index contributed by atoms with van der Waals surface area (Å²) < 4.78 is 6.18. The van der Waals surface area contributed by atoms with Gasteiger partial charge in [-0.3, -0.25) is 0 Å². The molecule has 0 spiro atoms. The molecule has 1 fully saturated rings. The molecule has 3 N–H and O–H groups in total. The molecule has 118 valence electrons. The smallest absolute Gasteiger partial charge is 0.122 e. The van der Waals surface area contributed by atoms with Gasteiger partial charge in [-0.15, -0.1) is 0 Å². The van der Waals surface area contributed by atoms with Gasteiger partial charge in [-0.1, -0.05) is 25.1 Å². The fraction of sp³-hybridized carbons (Fsp3) is 0.647. The summed E-state index contributed by atoms with van der Waals surface area (Å²) in [6, 6.07) is 7.89. The van der Waals surface area contributed by atoms with Crippen molar-refractivity contribution in [2.45, 2.75) is 50.7 Å². The molecule has 0 radical (unpaired) electrons. The molecule has 4 heteroatoms. The monoisotopic (exact) mass is 293 g/mol. The Balaban J connectivity index is 2.05. The minimum atomic E-state index is -0.205. The Kier molecular flexibility index (Phi) is 6.03. The van der Waals surface area contributed by atoms with Crippen molar-refractivity contribution >= 4 is 0 Å². The predicted octanol–water partition coefficient (Wildman–Crippen LogP) is 1.88. The lowest BCUT2D eigenvalue weighted by atomic mass is 9.80. The van der Waals surface area contributed by atoms with Gasteiger partial charge in [0, 0.05) is 18.6 Å². The molecular formula is C17H27NO3. The maximum absolute atomic E-state index is 9.74. The fourth-order valence-corrected chi connectivity index (χ4v) is 3.27. The summed E-state index contributed by atoms with van der Waals surface area (Å²) in [5.41, 5.74) is 0.840. The van der Waals surface area contributed by atoms with Gasteiger partial charge in [0.25, 0.3) is 0 Å². The average Bonchev–Trinajstić information content (AvgIpc) is 2.50. The molecule has 1 aliphatic carbocycles. The van der Waals surface area contributed by atoms with E-state index >= 15 is 0 Å². The topological polar surface area (TPSA) is 61.7 Å². The number of aliphatic hydroxyl groups is 2. The van der Waals surface area contributed by atoms with E-state index in [1.807, 2.05) is 24.3 Å². The standard InChI is InChI=1S/C17H27NO3/c1-2-18-17(13-20)10-5-7-15(12-17)21-16-8-4-3-6-14(16)9-11-19/h3-4,6,8,15,18-20H,2,5,7,9-13H2,1H3. The van der Waals surface area contributed by atoms with Crippen LogP contribution in [0.3, 0.4) is 0 Å². The van der Waals surface area contributed by atoms with Gasteiger partial charge in [0.05, 0.1) is 6.61 Å². The number of ether oxygens (including phenoxy) is 1. The summed E-state index contributed by atoms with van der Waals surface area (Å²) >= 11 is 0. The van der Waals surface area contributed by atoms with Gasteiger partial charge in [0.15, 0.2) is 0 Å². The lowest BCUT2D eigenvalue weighted by Gasteiger charge is -2.40. The highest BCUT2D eigenvalue weighted by Gasteiger charge is 2.36. The van der Waals surface area contributed by atoms with E-state index < -0.39 is 0 Å². The van der Waals surface area contributed by atoms with E-state index in [1.54, 1.807) is 0 Å². The molecule has 0 aliphatic heterocycles. The van der Waals surface area contributed by atoms with Gasteiger partial charge in [0.1, 0.15) is 11.9 Å². The van der Waals surface area contributed by atoms with E-state index in [2.05, 4.69) is 12.2 Å². The number of benzene rings is 1. The summed E-state index contributed by atoms with van der Waals surface area (Å²) in [5, 5.41) is 22.3. The van der Waals surface area contributed by atoms with Crippen LogP contribution < -0.4 is 10.1 Å². The highest BCUT2D eigenvalue weighted by atomic mass is 16.5. The van der Waals surface area contributed by atoms with Crippen LogP contribution in [0.2, 0.25) is 0 Å². The second-order valence-corrected chi connectivity index (χ2v) is 5.89. The van der Waals surface area contributed by atoms with Crippen LogP contribution in [0.25, 0.3) is 0 Å².